The summed E-state index contributed by atoms with van der Waals surface area (Å²) in [7, 11) is 0. The molecule has 0 bridgehead atoms. The van der Waals surface area contributed by atoms with Gasteiger partial charge in [-0.1, -0.05) is 18.2 Å². The van der Waals surface area contributed by atoms with Gasteiger partial charge in [0.15, 0.2) is 0 Å². The molecule has 2 aromatic carbocycles. The van der Waals surface area contributed by atoms with Gasteiger partial charge in [-0.3, -0.25) is 9.58 Å². The molecule has 5 rings (SSSR count). The number of anilines is 1. The van der Waals surface area contributed by atoms with Gasteiger partial charge in [0.25, 0.3) is 0 Å². The minimum atomic E-state index is -1.82. The molecule has 38 heavy (non-hydrogen) atoms. The Hall–Kier alpha value is -4.12. The molecule has 2 aromatic heterocycles. The zero-order chi connectivity index (χ0) is 27.0. The van der Waals surface area contributed by atoms with Crippen LogP contribution in [0.15, 0.2) is 67.5 Å². The first-order valence-corrected chi connectivity index (χ1v) is 12.4. The third kappa shape index (κ3) is 4.65. The van der Waals surface area contributed by atoms with Gasteiger partial charge >= 0.3 is 6.03 Å². The average molecular weight is 522 g/mol. The van der Waals surface area contributed by atoms with Crippen molar-refractivity contribution in [1.29, 1.82) is 0 Å². The number of benzene rings is 2. The van der Waals surface area contributed by atoms with E-state index in [9.17, 15) is 18.7 Å². The second-order valence-corrected chi connectivity index (χ2v) is 9.79. The first-order valence-electron chi connectivity index (χ1n) is 12.4. The van der Waals surface area contributed by atoms with Gasteiger partial charge in [0, 0.05) is 48.2 Å². The smallest absolute Gasteiger partial charge is 0.324 e. The number of aromatic nitrogens is 5. The summed E-state index contributed by atoms with van der Waals surface area (Å²) in [6.45, 7) is 6.91. The highest BCUT2D eigenvalue weighted by molar-refractivity contribution is 5.94. The maximum Gasteiger partial charge on any atom is 0.324 e. The molecule has 1 saturated heterocycles. The van der Waals surface area contributed by atoms with Crippen LogP contribution < -0.4 is 4.90 Å². The molecule has 0 saturated carbocycles. The molecule has 1 aliphatic heterocycles. The van der Waals surface area contributed by atoms with E-state index in [-0.39, 0.29) is 24.2 Å². The van der Waals surface area contributed by atoms with Gasteiger partial charge in [-0.2, -0.15) is 10.2 Å². The van der Waals surface area contributed by atoms with Crippen molar-refractivity contribution < 1.29 is 18.7 Å². The summed E-state index contributed by atoms with van der Waals surface area (Å²) < 4.78 is 31.5. The van der Waals surface area contributed by atoms with Crippen LogP contribution in [0.5, 0.6) is 0 Å². The Morgan fingerprint density at radius 1 is 1.03 bits per heavy atom. The van der Waals surface area contributed by atoms with Crippen LogP contribution in [0.4, 0.5) is 19.3 Å². The standard InChI is InChI=1S/C27H29F2N7O2/c1-18(2)34-10-11-35(26(34)37)23-7-4-20(5-8-23)21-13-31-36(14-21)19(3)27(38,15-33-17-30-16-32-33)24-9-6-22(28)12-25(24)29/h4-9,12-14,16-19,38H,10-11,15H2,1-3H3/t19-,27-/m1/s1. The summed E-state index contributed by atoms with van der Waals surface area (Å²) in [6.07, 6.45) is 6.15. The lowest BCUT2D eigenvalue weighted by Crippen LogP contribution is -2.40. The molecule has 4 aromatic rings. The van der Waals surface area contributed by atoms with Crippen molar-refractivity contribution in [2.24, 2.45) is 0 Å². The molecule has 0 spiro atoms. The molecule has 1 fully saturated rings. The SMILES string of the molecule is CC(C)N1CCN(c2ccc(-c3cnn([C@H](C)[C@](O)(Cn4cncn4)c4ccc(F)cc4F)c3)cc2)C1=O. The fourth-order valence-electron chi connectivity index (χ4n) is 4.87. The second kappa shape index (κ2) is 9.97. The third-order valence-electron chi connectivity index (χ3n) is 7.13. The Kier molecular flexibility index (Phi) is 6.70. The summed E-state index contributed by atoms with van der Waals surface area (Å²) in [4.78, 5) is 20.2. The molecule has 1 aliphatic rings. The molecule has 1 N–H and O–H groups in total. The average Bonchev–Trinajstić information content (AvgIpc) is 3.65. The number of carbonyl (C=O) groups excluding carboxylic acids is 1. The van der Waals surface area contributed by atoms with E-state index >= 15 is 0 Å². The minimum Gasteiger partial charge on any atom is -0.381 e. The van der Waals surface area contributed by atoms with Gasteiger partial charge < -0.3 is 10.0 Å². The van der Waals surface area contributed by atoms with Gasteiger partial charge in [0.05, 0.1) is 18.8 Å². The number of halogens is 2. The predicted octanol–water partition coefficient (Wildman–Crippen LogP) is 4.22. The molecule has 9 nitrogen and oxygen atoms in total. The molecule has 0 aliphatic carbocycles. The predicted molar refractivity (Wildman–Crippen MR) is 137 cm³/mol. The largest absolute Gasteiger partial charge is 0.381 e. The molecule has 198 valence electrons. The van der Waals surface area contributed by atoms with Crippen molar-refractivity contribution in [3.8, 4) is 11.1 Å². The molecular formula is C27H29F2N7O2. The molecule has 0 radical (unpaired) electrons. The highest BCUT2D eigenvalue weighted by Gasteiger charge is 2.41. The Bertz CT molecular complexity index is 1420. The van der Waals surface area contributed by atoms with Crippen molar-refractivity contribution >= 4 is 11.7 Å². The van der Waals surface area contributed by atoms with E-state index in [0.717, 1.165) is 28.9 Å². The van der Waals surface area contributed by atoms with Crippen molar-refractivity contribution in [1.82, 2.24) is 29.4 Å². The fraction of sp³-hybridized carbons (Fsp3) is 0.333. The highest BCUT2D eigenvalue weighted by Crippen LogP contribution is 2.37. The Morgan fingerprint density at radius 2 is 1.79 bits per heavy atom. The number of amides is 2. The van der Waals surface area contributed by atoms with Crippen molar-refractivity contribution in [3.63, 3.8) is 0 Å². The topological polar surface area (TPSA) is 92.3 Å². The van der Waals surface area contributed by atoms with Gasteiger partial charge in [-0.25, -0.2) is 23.2 Å². The zero-order valence-corrected chi connectivity index (χ0v) is 21.4. The van der Waals surface area contributed by atoms with Gasteiger partial charge in [-0.05, 0) is 44.5 Å². The highest BCUT2D eigenvalue weighted by atomic mass is 19.1. The first-order chi connectivity index (χ1) is 18.2. The fourth-order valence-corrected chi connectivity index (χ4v) is 4.87. The van der Waals surface area contributed by atoms with Crippen molar-refractivity contribution in [3.05, 3.63) is 84.7 Å². The number of aliphatic hydroxyl groups is 1. The van der Waals surface area contributed by atoms with Crippen LogP contribution in [-0.2, 0) is 12.1 Å². The van der Waals surface area contributed by atoms with Crippen LogP contribution in [0.3, 0.4) is 0 Å². The number of urea groups is 1. The lowest BCUT2D eigenvalue weighted by atomic mass is 9.86. The monoisotopic (exact) mass is 521 g/mol. The molecule has 2 amide bonds. The van der Waals surface area contributed by atoms with E-state index < -0.39 is 23.3 Å². The molecule has 11 heteroatoms. The lowest BCUT2D eigenvalue weighted by Gasteiger charge is -2.34. The van der Waals surface area contributed by atoms with E-state index in [2.05, 4.69) is 15.2 Å². The Balaban J connectivity index is 1.41. The van der Waals surface area contributed by atoms with Gasteiger partial charge in [0.2, 0.25) is 0 Å². The van der Waals surface area contributed by atoms with E-state index in [1.54, 1.807) is 28.9 Å². The summed E-state index contributed by atoms with van der Waals surface area (Å²) in [6, 6.07) is 10.1. The van der Waals surface area contributed by atoms with E-state index in [1.165, 1.54) is 23.4 Å². The molecular weight excluding hydrogens is 492 g/mol. The second-order valence-electron chi connectivity index (χ2n) is 9.79. The third-order valence-corrected chi connectivity index (χ3v) is 7.13. The van der Waals surface area contributed by atoms with Crippen LogP contribution in [0, 0.1) is 11.6 Å². The Morgan fingerprint density at radius 3 is 2.42 bits per heavy atom. The van der Waals surface area contributed by atoms with E-state index in [1.807, 2.05) is 43.0 Å². The van der Waals surface area contributed by atoms with E-state index in [0.29, 0.717) is 13.1 Å². The number of carbonyl (C=O) groups is 1. The minimum absolute atomic E-state index is 0.00547. The summed E-state index contributed by atoms with van der Waals surface area (Å²) in [5, 5.41) is 20.3. The van der Waals surface area contributed by atoms with Crippen molar-refractivity contribution in [2.45, 2.75) is 45.0 Å². The van der Waals surface area contributed by atoms with Crippen LogP contribution in [0.2, 0.25) is 0 Å². The normalized spacial score (nSPS) is 16.3. The zero-order valence-electron chi connectivity index (χ0n) is 21.4. The number of hydrogen-bond acceptors (Lipinski definition) is 5. The summed E-state index contributed by atoms with van der Waals surface area (Å²) >= 11 is 0. The Labute approximate surface area is 218 Å². The quantitative estimate of drug-likeness (QED) is 0.375. The number of hydrogen-bond donors (Lipinski definition) is 1. The number of rotatable bonds is 8. The lowest BCUT2D eigenvalue weighted by molar-refractivity contribution is -0.0368. The maximum absolute atomic E-state index is 14.9. The summed E-state index contributed by atoms with van der Waals surface area (Å²) in [5.74, 6) is -1.60. The molecule has 2 atom stereocenters. The van der Waals surface area contributed by atoms with Crippen LogP contribution in [0.25, 0.3) is 11.1 Å². The van der Waals surface area contributed by atoms with Gasteiger partial charge in [0.1, 0.15) is 29.9 Å². The number of nitrogens with zero attached hydrogens (tertiary/aromatic N) is 7. The maximum atomic E-state index is 14.9. The van der Waals surface area contributed by atoms with Crippen LogP contribution >= 0.6 is 0 Å². The van der Waals surface area contributed by atoms with Crippen LogP contribution in [0.1, 0.15) is 32.4 Å². The van der Waals surface area contributed by atoms with Crippen molar-refractivity contribution in [2.75, 3.05) is 18.0 Å². The van der Waals surface area contributed by atoms with E-state index in [4.69, 9.17) is 0 Å². The van der Waals surface area contributed by atoms with Gasteiger partial charge in [-0.15, -0.1) is 0 Å². The first kappa shape index (κ1) is 25.5. The molecule has 3 heterocycles. The summed E-state index contributed by atoms with van der Waals surface area (Å²) in [5.41, 5.74) is 0.567. The van der Waals surface area contributed by atoms with Crippen LogP contribution in [-0.4, -0.2) is 59.7 Å². The molecule has 0 unspecified atom stereocenters.